The number of benzene rings is 1. The van der Waals surface area contributed by atoms with Gasteiger partial charge in [0.15, 0.2) is 11.5 Å². The zero-order valence-electron chi connectivity index (χ0n) is 24.3. The molecule has 2 fully saturated rings. The summed E-state index contributed by atoms with van der Waals surface area (Å²) in [5, 5.41) is 0. The number of fused-ring (bicyclic) bond motifs is 2. The van der Waals surface area contributed by atoms with Gasteiger partial charge in [0.05, 0.1) is 20.3 Å². The van der Waals surface area contributed by atoms with Crippen LogP contribution in [0, 0.1) is 16.7 Å². The molecule has 222 valence electrons. The molecule has 3 amide bonds. The number of hydrogen-bond acceptors (Lipinski definition) is 8. The number of carbonyl (C=O) groups excluding carboxylic acids is 4. The second-order valence-corrected chi connectivity index (χ2v) is 12.0. The van der Waals surface area contributed by atoms with Crippen LogP contribution in [0.15, 0.2) is 30.0 Å². The first kappa shape index (κ1) is 28.8. The molecule has 3 heterocycles. The van der Waals surface area contributed by atoms with E-state index in [1.807, 2.05) is 24.3 Å². The van der Waals surface area contributed by atoms with E-state index in [1.54, 1.807) is 21.6 Å². The molecule has 1 aromatic carbocycles. The van der Waals surface area contributed by atoms with Gasteiger partial charge in [-0.3, -0.25) is 14.4 Å². The number of piperidine rings is 1. The summed E-state index contributed by atoms with van der Waals surface area (Å²) in [6, 6.07) is 5.54. The van der Waals surface area contributed by atoms with Gasteiger partial charge in [-0.15, -0.1) is 0 Å². The summed E-state index contributed by atoms with van der Waals surface area (Å²) < 4.78 is 21.4. The zero-order chi connectivity index (χ0) is 29.4. The Morgan fingerprint density at radius 3 is 2.46 bits per heavy atom. The lowest BCUT2D eigenvalue weighted by molar-refractivity contribution is -0.163. The van der Waals surface area contributed by atoms with Crippen molar-refractivity contribution >= 4 is 23.9 Å². The van der Waals surface area contributed by atoms with E-state index in [0.29, 0.717) is 62.8 Å². The molecule has 1 aliphatic carbocycles. The van der Waals surface area contributed by atoms with Crippen molar-refractivity contribution in [1.29, 1.82) is 0 Å². The SMILES string of the molecule is CCOC(=O)N1CCN(C(=O)C[C@@H]2C[C@@]3(C(=O)OC)CC(C)(C)CC=C3N(Cc3ccc4c(c3)OCO4)C2=O)CC1. The van der Waals surface area contributed by atoms with Crippen LogP contribution in [0.4, 0.5) is 4.79 Å². The van der Waals surface area contributed by atoms with Gasteiger partial charge in [0.1, 0.15) is 5.41 Å². The molecule has 3 aliphatic heterocycles. The molecule has 0 N–H and O–H groups in total. The van der Waals surface area contributed by atoms with Crippen LogP contribution >= 0.6 is 0 Å². The molecule has 11 heteroatoms. The molecule has 41 heavy (non-hydrogen) atoms. The fraction of sp³-hybridized carbons (Fsp3) is 0.600. The molecule has 4 aliphatic rings. The minimum absolute atomic E-state index is 0.0255. The smallest absolute Gasteiger partial charge is 0.409 e. The van der Waals surface area contributed by atoms with Crippen LogP contribution in [0.5, 0.6) is 11.5 Å². The Morgan fingerprint density at radius 2 is 1.76 bits per heavy atom. The predicted octanol–water partition coefficient (Wildman–Crippen LogP) is 3.32. The third-order valence-corrected chi connectivity index (χ3v) is 8.55. The molecule has 1 aromatic rings. The summed E-state index contributed by atoms with van der Waals surface area (Å²) in [6.45, 7) is 8.08. The largest absolute Gasteiger partial charge is 0.468 e. The van der Waals surface area contributed by atoms with Gasteiger partial charge >= 0.3 is 12.1 Å². The quantitative estimate of drug-likeness (QED) is 0.480. The summed E-state index contributed by atoms with van der Waals surface area (Å²) in [5.74, 6) is -0.194. The minimum atomic E-state index is -1.05. The lowest BCUT2D eigenvalue weighted by Gasteiger charge is -2.51. The zero-order valence-corrected chi connectivity index (χ0v) is 24.3. The van der Waals surface area contributed by atoms with E-state index >= 15 is 0 Å². The highest BCUT2D eigenvalue weighted by molar-refractivity contribution is 5.92. The second kappa shape index (κ2) is 11.3. The van der Waals surface area contributed by atoms with Crippen LogP contribution < -0.4 is 9.47 Å². The summed E-state index contributed by atoms with van der Waals surface area (Å²) in [7, 11) is 1.37. The number of allylic oxidation sites excluding steroid dienone is 1. The van der Waals surface area contributed by atoms with E-state index < -0.39 is 11.3 Å². The third kappa shape index (κ3) is 5.58. The standard InChI is InChI=1S/C30H39N3O8/c1-5-39-28(37)32-12-10-31(11-13-32)25(34)15-21-16-30(27(36)38-4)18-29(2,3)9-8-24(30)33(26(21)35)17-20-6-7-22-23(14-20)41-19-40-22/h6-8,14,21H,5,9-13,15-19H2,1-4H3/t21-,30-/m1/s1. The van der Waals surface area contributed by atoms with Crippen molar-refractivity contribution < 1.29 is 38.1 Å². The molecule has 2 atom stereocenters. The first-order valence-electron chi connectivity index (χ1n) is 14.3. The van der Waals surface area contributed by atoms with Gasteiger partial charge in [-0.25, -0.2) is 4.79 Å². The van der Waals surface area contributed by atoms with Crippen molar-refractivity contribution in [3.05, 3.63) is 35.5 Å². The second-order valence-electron chi connectivity index (χ2n) is 12.0. The minimum Gasteiger partial charge on any atom is -0.468 e. The Labute approximate surface area is 240 Å². The highest BCUT2D eigenvalue weighted by Crippen LogP contribution is 2.55. The molecule has 2 saturated heterocycles. The highest BCUT2D eigenvalue weighted by atomic mass is 16.7. The van der Waals surface area contributed by atoms with E-state index in [-0.39, 0.29) is 55.5 Å². The van der Waals surface area contributed by atoms with E-state index in [4.69, 9.17) is 18.9 Å². The molecule has 0 bridgehead atoms. The number of amides is 3. The Balaban J connectivity index is 1.41. The van der Waals surface area contributed by atoms with Crippen LogP contribution in [-0.4, -0.2) is 85.3 Å². The number of rotatable bonds is 6. The number of nitrogens with zero attached hydrogens (tertiary/aromatic N) is 3. The van der Waals surface area contributed by atoms with Crippen molar-refractivity contribution in [1.82, 2.24) is 14.7 Å². The van der Waals surface area contributed by atoms with Crippen molar-refractivity contribution in [3.63, 3.8) is 0 Å². The fourth-order valence-corrected chi connectivity index (χ4v) is 6.63. The molecule has 11 nitrogen and oxygen atoms in total. The van der Waals surface area contributed by atoms with Gasteiger partial charge in [0, 0.05) is 44.2 Å². The molecular formula is C30H39N3O8. The Kier molecular flexibility index (Phi) is 7.89. The van der Waals surface area contributed by atoms with Crippen LogP contribution in [0.1, 0.15) is 52.0 Å². The van der Waals surface area contributed by atoms with Gasteiger partial charge in [0.2, 0.25) is 18.6 Å². The molecule has 0 saturated carbocycles. The summed E-state index contributed by atoms with van der Waals surface area (Å²) in [4.78, 5) is 58.2. The molecule has 0 aromatic heterocycles. The van der Waals surface area contributed by atoms with Gasteiger partial charge < -0.3 is 33.6 Å². The van der Waals surface area contributed by atoms with Crippen LogP contribution in [-0.2, 0) is 30.4 Å². The number of methoxy groups -OCH3 is 1. The Hall–Kier alpha value is -3.76. The molecular weight excluding hydrogens is 530 g/mol. The average Bonchev–Trinajstić information content (AvgIpc) is 3.42. The van der Waals surface area contributed by atoms with Crippen molar-refractivity contribution in [2.75, 3.05) is 46.7 Å². The lowest BCUT2D eigenvalue weighted by Crippen LogP contribution is -2.56. The van der Waals surface area contributed by atoms with E-state index in [2.05, 4.69) is 13.8 Å². The predicted molar refractivity (Wildman–Crippen MR) is 147 cm³/mol. The first-order chi connectivity index (χ1) is 19.6. The van der Waals surface area contributed by atoms with Crippen LogP contribution in [0.2, 0.25) is 0 Å². The number of hydrogen-bond donors (Lipinski definition) is 0. The van der Waals surface area contributed by atoms with Crippen molar-refractivity contribution in [3.8, 4) is 11.5 Å². The number of esters is 1. The van der Waals surface area contributed by atoms with Crippen LogP contribution in [0.3, 0.4) is 0 Å². The van der Waals surface area contributed by atoms with E-state index in [9.17, 15) is 19.2 Å². The fourth-order valence-electron chi connectivity index (χ4n) is 6.63. The number of likely N-dealkylation sites (tertiary alicyclic amines) is 1. The summed E-state index contributed by atoms with van der Waals surface area (Å²) in [5.41, 5.74) is 0.238. The first-order valence-corrected chi connectivity index (χ1v) is 14.3. The van der Waals surface area contributed by atoms with Crippen molar-refractivity contribution in [2.24, 2.45) is 16.7 Å². The van der Waals surface area contributed by atoms with Gasteiger partial charge in [-0.1, -0.05) is 26.0 Å². The van der Waals surface area contributed by atoms with Gasteiger partial charge in [-0.05, 0) is 49.3 Å². The maximum Gasteiger partial charge on any atom is 0.409 e. The maximum atomic E-state index is 14.1. The van der Waals surface area contributed by atoms with E-state index in [1.165, 1.54) is 7.11 Å². The topological polar surface area (TPSA) is 115 Å². The number of ether oxygens (including phenoxy) is 4. The monoisotopic (exact) mass is 569 g/mol. The number of carbonyl (C=O) groups is 4. The van der Waals surface area contributed by atoms with Gasteiger partial charge in [0.25, 0.3) is 0 Å². The van der Waals surface area contributed by atoms with E-state index in [0.717, 1.165) is 5.56 Å². The van der Waals surface area contributed by atoms with Gasteiger partial charge in [-0.2, -0.15) is 0 Å². The lowest BCUT2D eigenvalue weighted by atomic mass is 9.59. The highest BCUT2D eigenvalue weighted by Gasteiger charge is 2.57. The molecule has 5 rings (SSSR count). The molecule has 0 spiro atoms. The Bertz CT molecular complexity index is 1250. The molecule has 0 unspecified atom stereocenters. The molecule has 0 radical (unpaired) electrons. The number of piperazine rings is 1. The normalized spacial score (nSPS) is 24.9. The average molecular weight is 570 g/mol. The van der Waals surface area contributed by atoms with Crippen molar-refractivity contribution in [2.45, 2.75) is 53.0 Å². The Morgan fingerprint density at radius 1 is 1.05 bits per heavy atom. The summed E-state index contributed by atoms with van der Waals surface area (Å²) >= 11 is 0. The van der Waals surface area contributed by atoms with Crippen LogP contribution in [0.25, 0.3) is 0 Å². The maximum absolute atomic E-state index is 14.1. The third-order valence-electron chi connectivity index (χ3n) is 8.55. The summed E-state index contributed by atoms with van der Waals surface area (Å²) in [6.07, 6.45) is 3.01.